The van der Waals surface area contributed by atoms with Gasteiger partial charge in [0.25, 0.3) is 5.91 Å². The fourth-order valence-corrected chi connectivity index (χ4v) is 3.20. The van der Waals surface area contributed by atoms with Crippen LogP contribution in [-0.2, 0) is 9.53 Å². The molecule has 1 amide bonds. The van der Waals surface area contributed by atoms with Gasteiger partial charge in [0.2, 0.25) is 0 Å². The van der Waals surface area contributed by atoms with Crippen LogP contribution in [0.5, 0.6) is 5.75 Å². The summed E-state index contributed by atoms with van der Waals surface area (Å²) in [5, 5.41) is 0.447. The Morgan fingerprint density at radius 2 is 1.78 bits per heavy atom. The van der Waals surface area contributed by atoms with E-state index in [4.69, 9.17) is 21.1 Å². The van der Waals surface area contributed by atoms with Crippen molar-refractivity contribution in [2.45, 2.75) is 0 Å². The molecule has 0 saturated carbocycles. The lowest BCUT2D eigenvalue weighted by atomic mass is 10.2. The monoisotopic (exact) mass is 388 g/mol. The molecule has 0 atom stereocenters. The highest BCUT2D eigenvalue weighted by Crippen LogP contribution is 2.28. The maximum Gasteiger partial charge on any atom is 0.338 e. The van der Waals surface area contributed by atoms with Gasteiger partial charge in [-0.1, -0.05) is 29.8 Å². The highest BCUT2D eigenvalue weighted by atomic mass is 35.5. The molecule has 1 aliphatic rings. The average Bonchev–Trinajstić information content (AvgIpc) is 2.71. The van der Waals surface area contributed by atoms with Crippen LogP contribution >= 0.6 is 11.6 Å². The molecule has 7 heteroatoms. The quantitative estimate of drug-likeness (QED) is 0.737. The predicted molar refractivity (Wildman–Crippen MR) is 104 cm³/mol. The molecule has 0 unspecified atom stereocenters. The third-order valence-electron chi connectivity index (χ3n) is 4.45. The number of rotatable bonds is 5. The number of hydrogen-bond acceptors (Lipinski definition) is 5. The number of methoxy groups -OCH3 is 1. The van der Waals surface area contributed by atoms with Gasteiger partial charge >= 0.3 is 5.97 Å². The van der Waals surface area contributed by atoms with E-state index in [-0.39, 0.29) is 12.5 Å². The van der Waals surface area contributed by atoms with Gasteiger partial charge in [-0.05, 0) is 30.3 Å². The number of anilines is 1. The molecule has 27 heavy (non-hydrogen) atoms. The fraction of sp³-hybridized carbons (Fsp3) is 0.300. The number of carbonyl (C=O) groups excluding carboxylic acids is 2. The molecule has 0 aliphatic carbocycles. The SMILES string of the molecule is COc1ccccc1N1CCN(C(=O)COC(=O)c2cccc(Cl)c2)CC1. The second kappa shape index (κ2) is 8.77. The number of esters is 1. The summed E-state index contributed by atoms with van der Waals surface area (Å²) in [4.78, 5) is 28.3. The largest absolute Gasteiger partial charge is 0.495 e. The van der Waals surface area contributed by atoms with Crippen LogP contribution in [0.2, 0.25) is 5.02 Å². The van der Waals surface area contributed by atoms with E-state index in [2.05, 4.69) is 4.90 Å². The Kier molecular flexibility index (Phi) is 6.19. The lowest BCUT2D eigenvalue weighted by Gasteiger charge is -2.36. The number of carbonyl (C=O) groups is 2. The summed E-state index contributed by atoms with van der Waals surface area (Å²) < 4.78 is 10.5. The first kappa shape index (κ1) is 19.0. The summed E-state index contributed by atoms with van der Waals surface area (Å²) in [6.07, 6.45) is 0. The zero-order chi connectivity index (χ0) is 19.2. The van der Waals surface area contributed by atoms with Crippen molar-refractivity contribution in [2.75, 3.05) is 44.8 Å². The molecule has 0 aromatic heterocycles. The maximum absolute atomic E-state index is 12.3. The molecule has 2 aromatic carbocycles. The summed E-state index contributed by atoms with van der Waals surface area (Å²) >= 11 is 5.86. The van der Waals surface area contributed by atoms with Crippen molar-refractivity contribution in [3.05, 3.63) is 59.1 Å². The third-order valence-corrected chi connectivity index (χ3v) is 4.68. The highest BCUT2D eigenvalue weighted by Gasteiger charge is 2.23. The van der Waals surface area contributed by atoms with Gasteiger partial charge in [-0.2, -0.15) is 0 Å². The van der Waals surface area contributed by atoms with E-state index in [0.717, 1.165) is 11.4 Å². The predicted octanol–water partition coefficient (Wildman–Crippen LogP) is 2.85. The Hall–Kier alpha value is -2.73. The van der Waals surface area contributed by atoms with Crippen LogP contribution in [0.1, 0.15) is 10.4 Å². The second-order valence-electron chi connectivity index (χ2n) is 6.13. The van der Waals surface area contributed by atoms with Crippen molar-refractivity contribution in [1.82, 2.24) is 4.90 Å². The molecule has 1 saturated heterocycles. The number of para-hydroxylation sites is 2. The van der Waals surface area contributed by atoms with Crippen LogP contribution in [-0.4, -0.2) is 56.7 Å². The summed E-state index contributed by atoms with van der Waals surface area (Å²) in [7, 11) is 1.65. The van der Waals surface area contributed by atoms with Crippen LogP contribution in [0.3, 0.4) is 0 Å². The van der Waals surface area contributed by atoms with Crippen molar-refractivity contribution in [3.8, 4) is 5.75 Å². The number of benzene rings is 2. The molecule has 0 bridgehead atoms. The molecule has 3 rings (SSSR count). The van der Waals surface area contributed by atoms with Gasteiger partial charge in [-0.25, -0.2) is 4.79 Å². The Morgan fingerprint density at radius 1 is 1.04 bits per heavy atom. The highest BCUT2D eigenvalue weighted by molar-refractivity contribution is 6.30. The smallest absolute Gasteiger partial charge is 0.338 e. The van der Waals surface area contributed by atoms with E-state index in [1.54, 1.807) is 30.2 Å². The zero-order valence-corrected chi connectivity index (χ0v) is 15.8. The number of hydrogen-bond donors (Lipinski definition) is 0. The molecular formula is C20H21ClN2O4. The molecule has 142 valence electrons. The van der Waals surface area contributed by atoms with Gasteiger partial charge in [0.1, 0.15) is 5.75 Å². The maximum atomic E-state index is 12.3. The van der Waals surface area contributed by atoms with Gasteiger partial charge < -0.3 is 19.3 Å². The Morgan fingerprint density at radius 3 is 2.48 bits per heavy atom. The Labute approximate surface area is 163 Å². The Bertz CT molecular complexity index is 819. The van der Waals surface area contributed by atoms with Crippen molar-refractivity contribution >= 4 is 29.2 Å². The van der Waals surface area contributed by atoms with Gasteiger partial charge in [-0.3, -0.25) is 4.79 Å². The van der Waals surface area contributed by atoms with E-state index < -0.39 is 5.97 Å². The van der Waals surface area contributed by atoms with Gasteiger partial charge in [0.15, 0.2) is 6.61 Å². The number of amides is 1. The van der Waals surface area contributed by atoms with Gasteiger partial charge in [0, 0.05) is 31.2 Å². The standard InChI is InChI=1S/C20H21ClN2O4/c1-26-18-8-3-2-7-17(18)22-9-11-23(12-10-22)19(24)14-27-20(25)15-5-4-6-16(21)13-15/h2-8,13H,9-12,14H2,1H3. The van der Waals surface area contributed by atoms with Crippen molar-refractivity contribution in [2.24, 2.45) is 0 Å². The lowest BCUT2D eigenvalue weighted by molar-refractivity contribution is -0.134. The van der Waals surface area contributed by atoms with Crippen LogP contribution in [0.15, 0.2) is 48.5 Å². The normalized spacial score (nSPS) is 14.0. The molecular weight excluding hydrogens is 368 g/mol. The van der Waals surface area contributed by atoms with Crippen LogP contribution in [0.4, 0.5) is 5.69 Å². The summed E-state index contributed by atoms with van der Waals surface area (Å²) in [6, 6.07) is 14.3. The first-order chi connectivity index (χ1) is 13.1. The fourth-order valence-electron chi connectivity index (χ4n) is 3.01. The third kappa shape index (κ3) is 4.71. The van der Waals surface area contributed by atoms with E-state index in [0.29, 0.717) is 36.8 Å². The minimum absolute atomic E-state index is 0.204. The number of nitrogens with zero attached hydrogens (tertiary/aromatic N) is 2. The number of halogens is 1. The number of ether oxygens (including phenoxy) is 2. The summed E-state index contributed by atoms with van der Waals surface area (Å²) in [5.41, 5.74) is 1.34. The second-order valence-corrected chi connectivity index (χ2v) is 6.56. The van der Waals surface area contributed by atoms with E-state index in [9.17, 15) is 9.59 Å². The molecule has 1 aliphatic heterocycles. The average molecular weight is 389 g/mol. The van der Waals surface area contributed by atoms with Crippen LogP contribution < -0.4 is 9.64 Å². The van der Waals surface area contributed by atoms with Crippen LogP contribution in [0, 0.1) is 0 Å². The van der Waals surface area contributed by atoms with Gasteiger partial charge in [-0.15, -0.1) is 0 Å². The van der Waals surface area contributed by atoms with Crippen LogP contribution in [0.25, 0.3) is 0 Å². The topological polar surface area (TPSA) is 59.1 Å². The molecule has 2 aromatic rings. The number of piperazine rings is 1. The minimum atomic E-state index is -0.557. The van der Waals surface area contributed by atoms with E-state index >= 15 is 0 Å². The molecule has 1 fully saturated rings. The summed E-state index contributed by atoms with van der Waals surface area (Å²) in [6.45, 7) is 2.22. The van der Waals surface area contributed by atoms with Gasteiger partial charge in [0.05, 0.1) is 18.4 Å². The molecule has 6 nitrogen and oxygen atoms in total. The van der Waals surface area contributed by atoms with Crippen molar-refractivity contribution in [1.29, 1.82) is 0 Å². The summed E-state index contributed by atoms with van der Waals surface area (Å²) in [5.74, 6) is 0.0521. The van der Waals surface area contributed by atoms with E-state index in [1.807, 2.05) is 24.3 Å². The first-order valence-electron chi connectivity index (χ1n) is 8.67. The first-order valence-corrected chi connectivity index (χ1v) is 9.04. The zero-order valence-electron chi connectivity index (χ0n) is 15.1. The molecule has 0 spiro atoms. The van der Waals surface area contributed by atoms with Crippen molar-refractivity contribution in [3.63, 3.8) is 0 Å². The Balaban J connectivity index is 1.50. The molecule has 0 radical (unpaired) electrons. The minimum Gasteiger partial charge on any atom is -0.495 e. The lowest BCUT2D eigenvalue weighted by Crippen LogP contribution is -2.50. The molecule has 0 N–H and O–H groups in total. The van der Waals surface area contributed by atoms with E-state index in [1.165, 1.54) is 6.07 Å². The van der Waals surface area contributed by atoms with Crippen molar-refractivity contribution < 1.29 is 19.1 Å². The molecule has 1 heterocycles.